The van der Waals surface area contributed by atoms with Crippen LogP contribution in [0.4, 0.5) is 0 Å². The minimum atomic E-state index is -0.639. The lowest BCUT2D eigenvalue weighted by Gasteiger charge is -2.16. The van der Waals surface area contributed by atoms with Gasteiger partial charge in [0, 0.05) is 23.2 Å². The Morgan fingerprint density at radius 3 is 2.71 bits per heavy atom. The van der Waals surface area contributed by atoms with Crippen LogP contribution in [0.15, 0.2) is 22.7 Å². The molecule has 0 fully saturated rings. The molecule has 0 amide bonds. The van der Waals surface area contributed by atoms with Crippen LogP contribution in [0, 0.1) is 0 Å². The average Bonchev–Trinajstić information content (AvgIpc) is 2.26. The van der Waals surface area contributed by atoms with Gasteiger partial charge in [0.05, 0.1) is 6.61 Å². The number of hydrogen-bond donors (Lipinski definition) is 2. The van der Waals surface area contributed by atoms with Gasteiger partial charge in [-0.25, -0.2) is 0 Å². The summed E-state index contributed by atoms with van der Waals surface area (Å²) < 4.78 is 11.3. The van der Waals surface area contributed by atoms with Gasteiger partial charge in [0.15, 0.2) is 0 Å². The number of benzene rings is 1. The third-order valence-electron chi connectivity index (χ3n) is 2.26. The van der Waals surface area contributed by atoms with Crippen molar-refractivity contribution in [1.82, 2.24) is 0 Å². The van der Waals surface area contributed by atoms with Crippen molar-refractivity contribution < 1.29 is 14.6 Å². The van der Waals surface area contributed by atoms with Gasteiger partial charge in [0.1, 0.15) is 18.5 Å². The zero-order valence-corrected chi connectivity index (χ0v) is 11.6. The Morgan fingerprint density at radius 2 is 2.12 bits per heavy atom. The van der Waals surface area contributed by atoms with Crippen LogP contribution in [0.5, 0.6) is 5.75 Å². The van der Waals surface area contributed by atoms with Gasteiger partial charge < -0.3 is 20.3 Å². The molecule has 0 saturated carbocycles. The maximum Gasteiger partial charge on any atom is 0.125 e. The number of aliphatic hydroxyl groups is 1. The molecule has 0 radical (unpaired) electrons. The second-order valence-corrected chi connectivity index (χ2v) is 4.81. The normalized spacial score (nSPS) is 14.4. The van der Waals surface area contributed by atoms with Gasteiger partial charge >= 0.3 is 0 Å². The Labute approximate surface area is 110 Å². The lowest BCUT2D eigenvalue weighted by Crippen LogP contribution is -2.23. The highest BCUT2D eigenvalue weighted by Gasteiger charge is 2.11. The molecule has 4 nitrogen and oxygen atoms in total. The summed E-state index contributed by atoms with van der Waals surface area (Å²) in [5.41, 5.74) is 6.76. The molecule has 0 heterocycles. The van der Waals surface area contributed by atoms with Gasteiger partial charge in [0.25, 0.3) is 0 Å². The van der Waals surface area contributed by atoms with Crippen molar-refractivity contribution in [2.45, 2.75) is 19.1 Å². The van der Waals surface area contributed by atoms with E-state index in [1.54, 1.807) is 0 Å². The van der Waals surface area contributed by atoms with Crippen LogP contribution in [0.1, 0.15) is 18.5 Å². The van der Waals surface area contributed by atoms with Crippen molar-refractivity contribution in [2.75, 3.05) is 20.3 Å². The molecule has 96 valence electrons. The Balaban J connectivity index is 2.71. The molecular weight excluding hydrogens is 286 g/mol. The predicted octanol–water partition coefficient (Wildman–Crippen LogP) is 1.85. The van der Waals surface area contributed by atoms with Crippen LogP contribution in [0.3, 0.4) is 0 Å². The summed E-state index contributed by atoms with van der Waals surface area (Å²) in [5.74, 6) is 0.685. The van der Waals surface area contributed by atoms with Crippen LogP contribution < -0.4 is 10.5 Å². The van der Waals surface area contributed by atoms with Crippen LogP contribution >= 0.6 is 15.9 Å². The first-order valence-corrected chi connectivity index (χ1v) is 6.18. The van der Waals surface area contributed by atoms with Gasteiger partial charge in [-0.15, -0.1) is 0 Å². The molecular formula is C12H18BrNO3. The van der Waals surface area contributed by atoms with E-state index in [2.05, 4.69) is 15.9 Å². The second-order valence-electron chi connectivity index (χ2n) is 3.89. The van der Waals surface area contributed by atoms with E-state index in [1.807, 2.05) is 25.1 Å². The molecule has 0 bridgehead atoms. The number of rotatable bonds is 6. The highest BCUT2D eigenvalue weighted by atomic mass is 79.9. The number of halogens is 1. The fourth-order valence-electron chi connectivity index (χ4n) is 1.44. The van der Waals surface area contributed by atoms with Gasteiger partial charge in [-0.05, 0) is 19.1 Å². The molecule has 1 aromatic carbocycles. The van der Waals surface area contributed by atoms with Crippen molar-refractivity contribution >= 4 is 15.9 Å². The summed E-state index contributed by atoms with van der Waals surface area (Å²) in [7, 11) is 1.54. The molecule has 0 aliphatic rings. The van der Waals surface area contributed by atoms with E-state index in [-0.39, 0.29) is 19.3 Å². The number of aliphatic hydroxyl groups excluding tert-OH is 1. The van der Waals surface area contributed by atoms with E-state index in [4.69, 9.17) is 15.2 Å². The molecule has 0 aromatic heterocycles. The molecule has 0 saturated heterocycles. The number of hydrogen-bond acceptors (Lipinski definition) is 4. The molecule has 5 heteroatoms. The highest BCUT2D eigenvalue weighted by Crippen LogP contribution is 2.27. The summed E-state index contributed by atoms with van der Waals surface area (Å²) in [6.45, 7) is 2.33. The number of methoxy groups -OCH3 is 1. The van der Waals surface area contributed by atoms with Gasteiger partial charge in [-0.3, -0.25) is 0 Å². The van der Waals surface area contributed by atoms with Gasteiger partial charge in [-0.1, -0.05) is 22.0 Å². The number of ether oxygens (including phenoxy) is 2. The lowest BCUT2D eigenvalue weighted by atomic mass is 10.1. The van der Waals surface area contributed by atoms with Gasteiger partial charge in [0.2, 0.25) is 0 Å². The van der Waals surface area contributed by atoms with Crippen LogP contribution in [0.2, 0.25) is 0 Å². The van der Waals surface area contributed by atoms with E-state index in [9.17, 15) is 5.11 Å². The first kappa shape index (κ1) is 14.4. The predicted molar refractivity (Wildman–Crippen MR) is 70.1 cm³/mol. The largest absolute Gasteiger partial charge is 0.490 e. The Morgan fingerprint density at radius 1 is 1.41 bits per heavy atom. The third-order valence-corrected chi connectivity index (χ3v) is 2.75. The van der Waals surface area contributed by atoms with Crippen molar-refractivity contribution in [3.05, 3.63) is 28.2 Å². The third kappa shape index (κ3) is 4.63. The molecule has 0 spiro atoms. The minimum absolute atomic E-state index is 0.113. The van der Waals surface area contributed by atoms with Crippen LogP contribution in [-0.2, 0) is 4.74 Å². The summed E-state index contributed by atoms with van der Waals surface area (Å²) >= 11 is 3.38. The maximum atomic E-state index is 9.52. The first-order chi connectivity index (χ1) is 8.04. The molecule has 1 aromatic rings. The molecule has 0 aliphatic carbocycles. The fraction of sp³-hybridized carbons (Fsp3) is 0.500. The van der Waals surface area contributed by atoms with Crippen LogP contribution in [-0.4, -0.2) is 31.5 Å². The lowest BCUT2D eigenvalue weighted by molar-refractivity contribution is 0.0322. The van der Waals surface area contributed by atoms with E-state index in [0.29, 0.717) is 5.75 Å². The SMILES string of the molecule is COCC(O)COc1cc(Br)ccc1[C@H](C)N. The summed E-state index contributed by atoms with van der Waals surface area (Å²) in [6.07, 6.45) is -0.639. The molecule has 1 unspecified atom stereocenters. The summed E-state index contributed by atoms with van der Waals surface area (Å²) in [4.78, 5) is 0. The summed E-state index contributed by atoms with van der Waals surface area (Å²) in [5, 5.41) is 9.52. The molecule has 2 atom stereocenters. The second kappa shape index (κ2) is 6.96. The van der Waals surface area contributed by atoms with Crippen molar-refractivity contribution in [1.29, 1.82) is 0 Å². The van der Waals surface area contributed by atoms with E-state index >= 15 is 0 Å². The topological polar surface area (TPSA) is 64.7 Å². The van der Waals surface area contributed by atoms with Crippen molar-refractivity contribution in [3.63, 3.8) is 0 Å². The minimum Gasteiger partial charge on any atom is -0.490 e. The van der Waals surface area contributed by atoms with Crippen molar-refractivity contribution in [2.24, 2.45) is 5.73 Å². The zero-order valence-electron chi connectivity index (χ0n) is 10.0. The van der Waals surface area contributed by atoms with Gasteiger partial charge in [-0.2, -0.15) is 0 Å². The van der Waals surface area contributed by atoms with Crippen molar-refractivity contribution in [3.8, 4) is 5.75 Å². The van der Waals surface area contributed by atoms with Crippen LogP contribution in [0.25, 0.3) is 0 Å². The molecule has 1 rings (SSSR count). The van der Waals surface area contributed by atoms with E-state index in [0.717, 1.165) is 10.0 Å². The van der Waals surface area contributed by atoms with E-state index in [1.165, 1.54) is 7.11 Å². The Kier molecular flexibility index (Phi) is 5.91. The fourth-order valence-corrected chi connectivity index (χ4v) is 1.78. The zero-order chi connectivity index (χ0) is 12.8. The van der Waals surface area contributed by atoms with E-state index < -0.39 is 6.10 Å². The standard InChI is InChI=1S/C12H18BrNO3/c1-8(14)11-4-3-9(13)5-12(11)17-7-10(15)6-16-2/h3-5,8,10,15H,6-7,14H2,1-2H3/t8-,10?/m0/s1. The maximum absolute atomic E-state index is 9.52. The first-order valence-electron chi connectivity index (χ1n) is 5.39. The smallest absolute Gasteiger partial charge is 0.125 e. The molecule has 3 N–H and O–H groups in total. The number of nitrogens with two attached hydrogens (primary N) is 1. The highest BCUT2D eigenvalue weighted by molar-refractivity contribution is 9.10. The Hall–Kier alpha value is -0.620. The summed E-state index contributed by atoms with van der Waals surface area (Å²) in [6, 6.07) is 5.56. The monoisotopic (exact) mass is 303 g/mol. The molecule has 0 aliphatic heterocycles. The quantitative estimate of drug-likeness (QED) is 0.842. The average molecular weight is 304 g/mol. The molecule has 17 heavy (non-hydrogen) atoms. The Bertz CT molecular complexity index is 358.